The number of nitrogens with two attached hydrogens (primary N) is 2. The number of methoxy groups -OCH3 is 3. The van der Waals surface area contributed by atoms with Crippen molar-refractivity contribution >= 4 is 63.1 Å². The van der Waals surface area contributed by atoms with Crippen molar-refractivity contribution in [1.29, 1.82) is 0 Å². The Hall–Kier alpha value is -7.58. The number of aliphatic hydroxyl groups excluding tert-OH is 3. The lowest BCUT2D eigenvalue weighted by Crippen LogP contribution is -2.61. The van der Waals surface area contributed by atoms with E-state index in [4.69, 9.17) is 73.5 Å². The molecule has 3 amide bonds. The topological polar surface area (TPSA) is 441 Å². The third-order valence-electron chi connectivity index (χ3n) is 21.7. The van der Waals surface area contributed by atoms with Gasteiger partial charge in [-0.1, -0.05) is 76.7 Å². The number of amides is 3. The van der Waals surface area contributed by atoms with Gasteiger partial charge in [0, 0.05) is 114 Å². The summed E-state index contributed by atoms with van der Waals surface area (Å²) in [5.74, 6) is -7.25. The third-order valence-corrected chi connectivity index (χ3v) is 21.7. The number of esters is 1. The molecule has 33 nitrogen and oxygen atoms in total. The largest absolute Gasteiger partial charge is 0.459 e. The number of carbonyl (C=O) groups is 5. The van der Waals surface area contributed by atoms with E-state index in [0.29, 0.717) is 177 Å². The summed E-state index contributed by atoms with van der Waals surface area (Å²) in [5, 5.41) is 63.4. The molecule has 3 aliphatic rings. The van der Waals surface area contributed by atoms with E-state index in [2.05, 4.69) is 42.3 Å². The van der Waals surface area contributed by atoms with Crippen LogP contribution in [0.15, 0.2) is 84.1 Å². The van der Waals surface area contributed by atoms with E-state index in [1.54, 1.807) is 52.3 Å². The minimum atomic E-state index is -2.48. The Bertz CT molecular complexity index is 3820. The fourth-order valence-corrected chi connectivity index (χ4v) is 15.0. The van der Waals surface area contributed by atoms with Crippen LogP contribution in [0.3, 0.4) is 0 Å². The number of ketones is 1. The van der Waals surface area contributed by atoms with Crippen molar-refractivity contribution in [2.75, 3.05) is 133 Å². The summed E-state index contributed by atoms with van der Waals surface area (Å²) in [6.45, 7) is 21.7. The molecule has 654 valence electrons. The number of allylic oxidation sites excluding steroid dienone is 4. The van der Waals surface area contributed by atoms with Crippen LogP contribution in [0.1, 0.15) is 145 Å². The number of likely N-dealkylation sites (tertiary alicyclic amines) is 1. The molecule has 1 saturated carbocycles. The number of hydrogen-bond acceptors (Lipinski definition) is 28. The molecule has 2 saturated heterocycles. The van der Waals surface area contributed by atoms with Crippen LogP contribution in [-0.2, 0) is 87.5 Å². The molecule has 0 bridgehead atoms. The maximum absolute atomic E-state index is 14.7. The van der Waals surface area contributed by atoms with E-state index in [1.165, 1.54) is 20.5 Å². The zero-order valence-corrected chi connectivity index (χ0v) is 70.3. The van der Waals surface area contributed by atoms with E-state index >= 15 is 0 Å². The zero-order valence-electron chi connectivity index (χ0n) is 70.3. The fourth-order valence-electron chi connectivity index (χ4n) is 15.0. The summed E-state index contributed by atoms with van der Waals surface area (Å²) >= 11 is 0. The summed E-state index contributed by atoms with van der Waals surface area (Å²) in [5.41, 5.74) is 17.9. The molecule has 0 spiro atoms. The fraction of sp³-hybridized carbons (Fsp3) is 0.690. The van der Waals surface area contributed by atoms with Gasteiger partial charge in [-0.2, -0.15) is 5.10 Å². The summed E-state index contributed by atoms with van der Waals surface area (Å²) < 4.78 is 65.2. The Labute approximate surface area is 688 Å². The predicted octanol–water partition coefficient (Wildman–Crippen LogP) is 6.57. The number of anilines is 1. The number of nitrogen functional groups attached to an aromatic ring is 1. The smallest absolute Gasteiger partial charge is 0.329 e. The van der Waals surface area contributed by atoms with E-state index in [-0.39, 0.29) is 69.2 Å². The number of piperidine rings is 1. The Morgan fingerprint density at radius 3 is 2.16 bits per heavy atom. The van der Waals surface area contributed by atoms with Crippen molar-refractivity contribution in [3.05, 3.63) is 79.0 Å². The number of aromatic amines is 1. The number of Topliss-reactive ketones (excluding diaryl/α,β-unsaturated/α-hetero) is 1. The van der Waals surface area contributed by atoms with Gasteiger partial charge in [-0.25, -0.2) is 24.4 Å². The molecule has 0 unspecified atom stereocenters. The summed E-state index contributed by atoms with van der Waals surface area (Å²) in [6.07, 6.45) is 13.6. The number of carbonyl (C=O) groups excluding carboxylic acids is 5. The molecule has 0 radical (unpaired) electrons. The molecule has 4 aromatic heterocycles. The Balaban J connectivity index is 0.761. The molecular formula is C84H132N12O21. The molecule has 3 fully saturated rings. The van der Waals surface area contributed by atoms with Crippen LogP contribution in [0, 0.1) is 29.6 Å². The molecule has 4 aromatic rings. The first kappa shape index (κ1) is 96.6. The number of ether oxygens (including phenoxy) is 11. The number of nitrogens with zero attached hydrogens (tertiary/aromatic N) is 7. The molecule has 117 heavy (non-hydrogen) atoms. The van der Waals surface area contributed by atoms with Crippen molar-refractivity contribution in [1.82, 2.24) is 45.2 Å². The molecule has 6 heterocycles. The van der Waals surface area contributed by atoms with Crippen LogP contribution in [0.25, 0.3) is 33.3 Å². The number of nitrogens with one attached hydrogen (secondary N) is 3. The lowest BCUT2D eigenvalue weighted by Gasteiger charge is -2.42. The van der Waals surface area contributed by atoms with E-state index < -0.39 is 109 Å². The van der Waals surface area contributed by atoms with Crippen LogP contribution in [0.5, 0.6) is 0 Å². The number of hydrogen-bond donors (Lipinski definition) is 9. The number of H-pyrrole nitrogens is 1. The number of oxime groups is 1. The molecule has 0 aromatic carbocycles. The van der Waals surface area contributed by atoms with Gasteiger partial charge >= 0.3 is 5.97 Å². The van der Waals surface area contributed by atoms with Gasteiger partial charge in [-0.05, 0) is 126 Å². The third kappa shape index (κ3) is 30.6. The highest BCUT2D eigenvalue weighted by atomic mass is 16.6. The van der Waals surface area contributed by atoms with Crippen LogP contribution >= 0.6 is 0 Å². The number of aromatic nitrogens is 6. The Morgan fingerprint density at radius 2 is 1.50 bits per heavy atom. The Kier molecular flexibility index (Phi) is 42.2. The number of unbranched alkanes of at least 4 members (excludes halogenated alkanes) is 1. The van der Waals surface area contributed by atoms with Crippen LogP contribution in [0.4, 0.5) is 5.82 Å². The lowest BCUT2D eigenvalue weighted by atomic mass is 9.80. The van der Waals surface area contributed by atoms with E-state index in [0.717, 1.165) is 39.9 Å². The first-order chi connectivity index (χ1) is 56.3. The maximum atomic E-state index is 14.7. The molecule has 7 rings (SSSR count). The average molecular weight is 1650 g/mol. The minimum absolute atomic E-state index is 0.0311. The number of aliphatic hydroxyl groups is 4. The van der Waals surface area contributed by atoms with Crippen LogP contribution < -0.4 is 22.1 Å². The van der Waals surface area contributed by atoms with Crippen LogP contribution in [-0.4, -0.2) is 284 Å². The summed E-state index contributed by atoms with van der Waals surface area (Å²) in [4.78, 5) is 91.9. The molecule has 1 aliphatic carbocycles. The van der Waals surface area contributed by atoms with Gasteiger partial charge in [0.2, 0.25) is 11.7 Å². The highest BCUT2D eigenvalue weighted by molar-refractivity contribution is 6.39. The van der Waals surface area contributed by atoms with E-state index in [1.807, 2.05) is 62.9 Å². The summed E-state index contributed by atoms with van der Waals surface area (Å²) in [6, 6.07) is 1.90. The zero-order chi connectivity index (χ0) is 84.8. The van der Waals surface area contributed by atoms with E-state index in [9.17, 15) is 44.4 Å². The van der Waals surface area contributed by atoms with Crippen LogP contribution in [0.2, 0.25) is 0 Å². The van der Waals surface area contributed by atoms with Gasteiger partial charge in [0.05, 0.1) is 121 Å². The number of aryl methyl sites for hydroxylation is 1. The monoisotopic (exact) mass is 1640 g/mol. The van der Waals surface area contributed by atoms with Gasteiger partial charge in [-0.3, -0.25) is 19.2 Å². The highest BCUT2D eigenvalue weighted by Gasteiger charge is 2.53. The first-order valence-electron chi connectivity index (χ1n) is 41.4. The average Bonchev–Trinajstić information content (AvgIpc) is 1.74. The predicted molar refractivity (Wildman–Crippen MR) is 440 cm³/mol. The van der Waals surface area contributed by atoms with Gasteiger partial charge < -0.3 is 109 Å². The van der Waals surface area contributed by atoms with Gasteiger partial charge in [0.25, 0.3) is 17.6 Å². The second-order valence-corrected chi connectivity index (χ2v) is 31.1. The second-order valence-electron chi connectivity index (χ2n) is 31.1. The standard InChI is InChI=1S/C84H132N12O21/c1-12-13-14-19-55(4)68(106-9)49-63-23-21-59(8)84(105,117-63)78(102)82(103)95-30-17-15-20-65(95)83(104)116-69(64(85)46-60-22-24-66(97)70(47-60)107-10)50-67(98)56(5)45-58(7)76(101)77(108-11)74(57(6)44-54(2)3)94-115-52-72(100)88-29-33-110-35-37-112-39-41-114-43-42-113-40-38-111-36-34-109-32-26-71(99)87-27-16-18-31-96-81-73(79(86)91-53-92-81)75(93-96)62-48-61-25-28-89-80(61)90-51-62/h12-14,19,25,28,45,48,51,53-54,56-57,59-60,63-70,76-77,97-98,101,105H,1,15-18,20-24,26-27,29-44,46-47,49-50,52,85H2,2-11H3,(H,87,99)(H,88,100)(H,89,90)(H2,86,91,92)/b14-13+,55-19+,58-45+,94-74+/t56-,57-,59-,60+,63+,64-,65+,66-,67-,68+,69+,70-,76-,77+,84-/m1/s1. The van der Waals surface area contributed by atoms with Gasteiger partial charge in [0.15, 0.2) is 12.3 Å². The van der Waals surface area contributed by atoms with Crippen molar-refractivity contribution in [3.63, 3.8) is 0 Å². The van der Waals surface area contributed by atoms with Crippen molar-refractivity contribution in [2.45, 2.75) is 218 Å². The molecule has 33 heteroatoms. The van der Waals surface area contributed by atoms with Gasteiger partial charge in [0.1, 0.15) is 47.8 Å². The maximum Gasteiger partial charge on any atom is 0.329 e. The SMILES string of the molecule is C=C/C=C/C=C(\C)[C@H](C[C@@H]1CC[C@@H](C)[C@](O)(C(=O)C(=O)N2CCCC[C@H]2C(=O)O[C@@H](C[C@@H](O)[C@H](C)/C=C(\C)[C@@H](O)[C@@H](OC)/C(=N/OCC(=O)NCCOCCOCCOCCOCCOCCOCCC(=O)NCCCCn2nc(-c3cnc4[nH]ccc4c3)c3c(N)ncnc32)[C@H](C)CC(C)C)[C@H](N)C[C@@H]2CC[C@@H](O)[C@H](OC)C2)O1)OC. The quantitative estimate of drug-likeness (QED) is 0.00429. The normalized spacial score (nSPS) is 21.9. The van der Waals surface area contributed by atoms with Gasteiger partial charge in [-0.15, -0.1) is 0 Å². The number of rotatable bonds is 55. The van der Waals surface area contributed by atoms with Crippen molar-refractivity contribution < 1.29 is 101 Å². The highest BCUT2D eigenvalue weighted by Crippen LogP contribution is 2.38. The first-order valence-corrected chi connectivity index (χ1v) is 41.4. The molecule has 15 atom stereocenters. The lowest BCUT2D eigenvalue weighted by molar-refractivity contribution is -0.265. The Morgan fingerprint density at radius 1 is 0.812 bits per heavy atom. The van der Waals surface area contributed by atoms with Crippen molar-refractivity contribution in [3.8, 4) is 11.3 Å². The summed E-state index contributed by atoms with van der Waals surface area (Å²) in [7, 11) is 4.54. The molecular weight excluding hydrogens is 1510 g/mol. The molecule has 11 N–H and O–H groups in total. The number of pyridine rings is 1. The number of fused-ring (bicyclic) bond motifs is 2. The van der Waals surface area contributed by atoms with Crippen molar-refractivity contribution in [2.24, 2.45) is 40.5 Å². The minimum Gasteiger partial charge on any atom is -0.459 e. The second kappa shape index (κ2) is 51.1. The molecule has 2 aliphatic heterocycles.